The molecule has 1 heterocycles. The predicted octanol–water partition coefficient (Wildman–Crippen LogP) is 3.81. The molecule has 33 heavy (non-hydrogen) atoms. The van der Waals surface area contributed by atoms with Crippen molar-refractivity contribution in [2.45, 2.75) is 33.7 Å². The highest BCUT2D eigenvalue weighted by atomic mass is 35.5. The van der Waals surface area contributed by atoms with E-state index in [1.165, 1.54) is 0 Å². The van der Waals surface area contributed by atoms with Gasteiger partial charge in [0.15, 0.2) is 0 Å². The fraction of sp³-hybridized carbons (Fsp3) is 0.320. The first-order valence-electron chi connectivity index (χ1n) is 10.8. The van der Waals surface area contributed by atoms with Crippen LogP contribution in [0, 0.1) is 20.8 Å². The van der Waals surface area contributed by atoms with Crippen molar-refractivity contribution in [2.75, 3.05) is 26.0 Å². The quantitative estimate of drug-likeness (QED) is 0.528. The zero-order chi connectivity index (χ0) is 24.1. The molecule has 0 unspecified atom stereocenters. The van der Waals surface area contributed by atoms with Crippen LogP contribution in [0.4, 0.5) is 5.69 Å². The standard InChI is InChI=1S/C25H30ClN5O2/c1-16-9-10-21(12-23(16)26)31-18(3)22(17(2)29-31)13-24(32)27-14-19-7-6-8-20(11-19)28-25(33)15-30(4)5/h6-12H,13-15H2,1-5H3,(H,27,32)(H,28,33). The Kier molecular flexibility index (Phi) is 7.89. The van der Waals surface area contributed by atoms with E-state index in [1.807, 2.05) is 82.0 Å². The number of likely N-dealkylation sites (N-methyl/N-ethyl adjacent to an activating group) is 1. The first-order chi connectivity index (χ1) is 15.6. The van der Waals surface area contributed by atoms with Gasteiger partial charge < -0.3 is 15.5 Å². The summed E-state index contributed by atoms with van der Waals surface area (Å²) in [5.74, 6) is -0.177. The topological polar surface area (TPSA) is 79.3 Å². The Bertz CT molecular complexity index is 1170. The van der Waals surface area contributed by atoms with Crippen molar-refractivity contribution in [3.05, 3.63) is 75.6 Å². The number of carbonyl (C=O) groups is 2. The second-order valence-corrected chi connectivity index (χ2v) is 8.84. The van der Waals surface area contributed by atoms with Crippen molar-refractivity contribution < 1.29 is 9.59 Å². The summed E-state index contributed by atoms with van der Waals surface area (Å²) < 4.78 is 1.82. The average Bonchev–Trinajstić information content (AvgIpc) is 3.02. The second kappa shape index (κ2) is 10.6. The molecule has 0 saturated carbocycles. The molecule has 2 aromatic carbocycles. The van der Waals surface area contributed by atoms with Crippen LogP contribution in [-0.4, -0.2) is 47.1 Å². The van der Waals surface area contributed by atoms with Crippen molar-refractivity contribution in [3.63, 3.8) is 0 Å². The summed E-state index contributed by atoms with van der Waals surface area (Å²) in [7, 11) is 3.68. The molecule has 0 bridgehead atoms. The summed E-state index contributed by atoms with van der Waals surface area (Å²) in [6.45, 7) is 6.49. The van der Waals surface area contributed by atoms with Gasteiger partial charge in [0, 0.05) is 28.5 Å². The number of anilines is 1. The number of nitrogens with one attached hydrogen (secondary N) is 2. The number of carbonyl (C=O) groups excluding carboxylic acids is 2. The SMILES string of the molecule is Cc1ccc(-n2nc(C)c(CC(=O)NCc3cccc(NC(=O)CN(C)C)c3)c2C)cc1Cl. The first-order valence-corrected chi connectivity index (χ1v) is 11.1. The number of hydrogen-bond acceptors (Lipinski definition) is 4. The van der Waals surface area contributed by atoms with Crippen molar-refractivity contribution >= 4 is 29.1 Å². The van der Waals surface area contributed by atoms with Gasteiger partial charge >= 0.3 is 0 Å². The van der Waals surface area contributed by atoms with Gasteiger partial charge in [0.05, 0.1) is 24.3 Å². The maximum atomic E-state index is 12.7. The lowest BCUT2D eigenvalue weighted by atomic mass is 10.1. The third-order valence-corrected chi connectivity index (χ3v) is 5.75. The van der Waals surface area contributed by atoms with Crippen LogP contribution in [0.2, 0.25) is 5.02 Å². The molecular weight excluding hydrogens is 438 g/mol. The maximum absolute atomic E-state index is 12.7. The summed E-state index contributed by atoms with van der Waals surface area (Å²) >= 11 is 6.28. The van der Waals surface area contributed by atoms with E-state index < -0.39 is 0 Å². The van der Waals surface area contributed by atoms with Gasteiger partial charge in [-0.05, 0) is 70.3 Å². The molecule has 0 saturated heterocycles. The number of aryl methyl sites for hydroxylation is 2. The molecule has 3 aromatic rings. The van der Waals surface area contributed by atoms with E-state index in [0.29, 0.717) is 23.8 Å². The number of rotatable bonds is 8. The lowest BCUT2D eigenvalue weighted by molar-refractivity contribution is -0.120. The maximum Gasteiger partial charge on any atom is 0.238 e. The van der Waals surface area contributed by atoms with Gasteiger partial charge in [0.1, 0.15) is 0 Å². The summed E-state index contributed by atoms with van der Waals surface area (Å²) in [5.41, 5.74) is 6.10. The predicted molar refractivity (Wildman–Crippen MR) is 132 cm³/mol. The van der Waals surface area contributed by atoms with Gasteiger partial charge in [-0.1, -0.05) is 29.8 Å². The van der Waals surface area contributed by atoms with Crippen LogP contribution in [-0.2, 0) is 22.6 Å². The third kappa shape index (κ3) is 6.43. The second-order valence-electron chi connectivity index (χ2n) is 8.43. The zero-order valence-corrected chi connectivity index (χ0v) is 20.5. The number of amides is 2. The highest BCUT2D eigenvalue weighted by molar-refractivity contribution is 6.31. The first kappa shape index (κ1) is 24.5. The van der Waals surface area contributed by atoms with Gasteiger partial charge in [-0.15, -0.1) is 0 Å². The molecule has 8 heteroatoms. The monoisotopic (exact) mass is 467 g/mol. The third-order valence-electron chi connectivity index (χ3n) is 5.34. The van der Waals surface area contributed by atoms with Gasteiger partial charge in [-0.2, -0.15) is 5.10 Å². The van der Waals surface area contributed by atoms with E-state index in [2.05, 4.69) is 15.7 Å². The number of halogens is 1. The average molecular weight is 468 g/mol. The fourth-order valence-electron chi connectivity index (χ4n) is 3.57. The Labute approximate surface area is 199 Å². The van der Waals surface area contributed by atoms with E-state index in [-0.39, 0.29) is 18.2 Å². The molecule has 0 aliphatic carbocycles. The number of aromatic nitrogens is 2. The van der Waals surface area contributed by atoms with Crippen LogP contribution in [0.1, 0.15) is 28.1 Å². The summed E-state index contributed by atoms with van der Waals surface area (Å²) in [6.07, 6.45) is 0.233. The minimum absolute atomic E-state index is 0.0842. The normalized spacial score (nSPS) is 11.0. The molecule has 0 spiro atoms. The Balaban J connectivity index is 1.64. The van der Waals surface area contributed by atoms with Crippen molar-refractivity contribution in [1.82, 2.24) is 20.0 Å². The molecule has 2 amide bonds. The van der Waals surface area contributed by atoms with Crippen LogP contribution in [0.5, 0.6) is 0 Å². The number of nitrogens with zero attached hydrogens (tertiary/aromatic N) is 3. The number of benzene rings is 2. The summed E-state index contributed by atoms with van der Waals surface area (Å²) in [5, 5.41) is 11.1. The van der Waals surface area contributed by atoms with Crippen LogP contribution in [0.25, 0.3) is 5.69 Å². The summed E-state index contributed by atoms with van der Waals surface area (Å²) in [4.78, 5) is 26.4. The molecule has 7 nitrogen and oxygen atoms in total. The molecule has 0 atom stereocenters. The van der Waals surface area contributed by atoms with E-state index in [0.717, 1.165) is 33.8 Å². The minimum atomic E-state index is -0.0928. The van der Waals surface area contributed by atoms with Crippen LogP contribution < -0.4 is 10.6 Å². The molecule has 1 aromatic heterocycles. The van der Waals surface area contributed by atoms with Gasteiger partial charge in [0.25, 0.3) is 0 Å². The van der Waals surface area contributed by atoms with Crippen molar-refractivity contribution in [1.29, 1.82) is 0 Å². The van der Waals surface area contributed by atoms with Gasteiger partial charge in [0.2, 0.25) is 11.8 Å². The van der Waals surface area contributed by atoms with E-state index in [1.54, 1.807) is 4.90 Å². The Hall–Kier alpha value is -3.16. The molecule has 0 aliphatic rings. The lowest BCUT2D eigenvalue weighted by Crippen LogP contribution is -2.27. The smallest absolute Gasteiger partial charge is 0.238 e. The van der Waals surface area contributed by atoms with Crippen molar-refractivity contribution in [3.8, 4) is 5.69 Å². The molecule has 0 radical (unpaired) electrons. The van der Waals surface area contributed by atoms with Gasteiger partial charge in [-0.3, -0.25) is 9.59 Å². The summed E-state index contributed by atoms with van der Waals surface area (Å²) in [6, 6.07) is 13.3. The van der Waals surface area contributed by atoms with E-state index >= 15 is 0 Å². The molecule has 174 valence electrons. The zero-order valence-electron chi connectivity index (χ0n) is 19.7. The molecule has 2 N–H and O–H groups in total. The van der Waals surface area contributed by atoms with Crippen LogP contribution in [0.3, 0.4) is 0 Å². The highest BCUT2D eigenvalue weighted by Gasteiger charge is 2.16. The Morgan fingerprint density at radius 3 is 2.52 bits per heavy atom. The van der Waals surface area contributed by atoms with E-state index in [9.17, 15) is 9.59 Å². The largest absolute Gasteiger partial charge is 0.352 e. The lowest BCUT2D eigenvalue weighted by Gasteiger charge is -2.11. The molecule has 0 fully saturated rings. The Morgan fingerprint density at radius 2 is 1.82 bits per heavy atom. The van der Waals surface area contributed by atoms with Crippen molar-refractivity contribution in [2.24, 2.45) is 0 Å². The molecule has 3 rings (SSSR count). The minimum Gasteiger partial charge on any atom is -0.352 e. The molecular formula is C25H30ClN5O2. The highest BCUT2D eigenvalue weighted by Crippen LogP contribution is 2.23. The fourth-order valence-corrected chi connectivity index (χ4v) is 3.74. The van der Waals surface area contributed by atoms with E-state index in [4.69, 9.17) is 11.6 Å². The van der Waals surface area contributed by atoms with Crippen LogP contribution in [0.15, 0.2) is 42.5 Å². The number of hydrogen-bond donors (Lipinski definition) is 2. The molecule has 0 aliphatic heterocycles. The van der Waals surface area contributed by atoms with Gasteiger partial charge in [-0.25, -0.2) is 4.68 Å². The Morgan fingerprint density at radius 1 is 1.06 bits per heavy atom. The van der Waals surface area contributed by atoms with Crippen LogP contribution >= 0.6 is 11.6 Å².